The van der Waals surface area contributed by atoms with Crippen molar-refractivity contribution in [3.05, 3.63) is 119 Å². The molecule has 0 unspecified atom stereocenters. The lowest BCUT2D eigenvalue weighted by Gasteiger charge is -2.32. The van der Waals surface area contributed by atoms with Gasteiger partial charge in [0.05, 0.1) is 39.7 Å². The van der Waals surface area contributed by atoms with Crippen molar-refractivity contribution < 1.29 is 0 Å². The zero-order valence-corrected chi connectivity index (χ0v) is 24.0. The number of likely N-dealkylation sites (tertiary alicyclic amines) is 1. The SMILES string of the molecule is O=c1[nH]c2ccccc2n1C1CCN(Cc2ccc(-c3nc4ccc(-c5cn[nH]n5)cc4nc3-c3ccccc3)cc2)CC1. The van der Waals surface area contributed by atoms with Crippen molar-refractivity contribution in [1.82, 2.24) is 39.8 Å². The molecule has 1 aliphatic rings. The van der Waals surface area contributed by atoms with E-state index in [1.807, 2.05) is 65.2 Å². The van der Waals surface area contributed by atoms with E-state index in [9.17, 15) is 4.79 Å². The number of imidazole rings is 1. The maximum atomic E-state index is 12.7. The van der Waals surface area contributed by atoms with Crippen LogP contribution < -0.4 is 5.69 Å². The van der Waals surface area contributed by atoms with E-state index in [-0.39, 0.29) is 11.7 Å². The summed E-state index contributed by atoms with van der Waals surface area (Å²) < 4.78 is 1.95. The zero-order valence-electron chi connectivity index (χ0n) is 24.0. The third kappa shape index (κ3) is 4.87. The normalized spacial score (nSPS) is 14.5. The van der Waals surface area contributed by atoms with Crippen LogP contribution in [0.15, 0.2) is 108 Å². The van der Waals surface area contributed by atoms with E-state index < -0.39 is 0 Å². The van der Waals surface area contributed by atoms with Gasteiger partial charge in [-0.2, -0.15) is 15.4 Å². The van der Waals surface area contributed by atoms with Gasteiger partial charge < -0.3 is 4.98 Å². The van der Waals surface area contributed by atoms with Gasteiger partial charge in [0.1, 0.15) is 5.69 Å². The third-order valence-electron chi connectivity index (χ3n) is 8.60. The van der Waals surface area contributed by atoms with Gasteiger partial charge in [0.2, 0.25) is 0 Å². The van der Waals surface area contributed by atoms with Gasteiger partial charge in [-0.25, -0.2) is 14.8 Å². The van der Waals surface area contributed by atoms with Crippen LogP contribution in [0.4, 0.5) is 0 Å². The molecule has 3 aromatic heterocycles. The van der Waals surface area contributed by atoms with E-state index in [2.05, 4.69) is 61.7 Å². The molecule has 2 N–H and O–H groups in total. The lowest BCUT2D eigenvalue weighted by molar-refractivity contribution is 0.180. The maximum Gasteiger partial charge on any atom is 0.326 e. The number of para-hydroxylation sites is 2. The fourth-order valence-electron chi connectivity index (χ4n) is 6.35. The van der Waals surface area contributed by atoms with E-state index in [0.717, 1.165) is 88.3 Å². The number of piperidine rings is 1. The summed E-state index contributed by atoms with van der Waals surface area (Å²) in [6, 6.07) is 33.1. The Kier molecular flexibility index (Phi) is 6.57. The summed E-state index contributed by atoms with van der Waals surface area (Å²) in [7, 11) is 0. The molecule has 216 valence electrons. The molecule has 7 aromatic rings. The Morgan fingerprint density at radius 1 is 0.750 bits per heavy atom. The van der Waals surface area contributed by atoms with Crippen molar-refractivity contribution in [2.75, 3.05) is 13.1 Å². The van der Waals surface area contributed by atoms with E-state index >= 15 is 0 Å². The number of hydrogen-bond acceptors (Lipinski definition) is 6. The Bertz CT molecular complexity index is 2120. The molecule has 4 aromatic carbocycles. The highest BCUT2D eigenvalue weighted by Crippen LogP contribution is 2.33. The molecule has 9 heteroatoms. The van der Waals surface area contributed by atoms with E-state index in [1.165, 1.54) is 5.56 Å². The van der Waals surface area contributed by atoms with Crippen molar-refractivity contribution in [2.24, 2.45) is 0 Å². The Balaban J connectivity index is 1.04. The predicted molar refractivity (Wildman–Crippen MR) is 172 cm³/mol. The molecule has 1 fully saturated rings. The van der Waals surface area contributed by atoms with Crippen LogP contribution in [0, 0.1) is 0 Å². The van der Waals surface area contributed by atoms with Crippen LogP contribution in [0.5, 0.6) is 0 Å². The van der Waals surface area contributed by atoms with Gasteiger partial charge in [0, 0.05) is 42.4 Å². The standard InChI is InChI=1S/C35H30N8O/c44-35-39-29-8-4-5-9-32(29)43(35)27-16-18-42(19-17-27)22-23-10-12-25(13-11-23)34-33(24-6-2-1-3-7-24)38-30-20-26(14-15-28(30)37-34)31-21-36-41-40-31/h1-15,20-21,27H,16-19,22H2,(H,39,44)(H,36,40,41). The van der Waals surface area contributed by atoms with Crippen molar-refractivity contribution in [2.45, 2.75) is 25.4 Å². The molecule has 9 nitrogen and oxygen atoms in total. The van der Waals surface area contributed by atoms with Crippen LogP contribution in [0.2, 0.25) is 0 Å². The highest BCUT2D eigenvalue weighted by atomic mass is 16.1. The second kappa shape index (κ2) is 11.0. The number of nitrogens with zero attached hydrogens (tertiary/aromatic N) is 6. The molecule has 1 aliphatic heterocycles. The van der Waals surface area contributed by atoms with E-state index in [1.54, 1.807) is 6.20 Å². The number of rotatable bonds is 6. The molecule has 0 aliphatic carbocycles. The first-order valence-corrected chi connectivity index (χ1v) is 14.9. The van der Waals surface area contributed by atoms with Crippen molar-refractivity contribution in [1.29, 1.82) is 0 Å². The molecule has 44 heavy (non-hydrogen) atoms. The van der Waals surface area contributed by atoms with Crippen molar-refractivity contribution in [3.8, 4) is 33.8 Å². The minimum Gasteiger partial charge on any atom is -0.306 e. The van der Waals surface area contributed by atoms with E-state index in [4.69, 9.17) is 9.97 Å². The first-order chi connectivity index (χ1) is 21.7. The lowest BCUT2D eigenvalue weighted by atomic mass is 10.0. The first kappa shape index (κ1) is 26.2. The molecule has 0 atom stereocenters. The largest absolute Gasteiger partial charge is 0.326 e. The number of benzene rings is 4. The fourth-order valence-corrected chi connectivity index (χ4v) is 6.35. The second-order valence-corrected chi connectivity index (χ2v) is 11.4. The molecular weight excluding hydrogens is 548 g/mol. The number of H-pyrrole nitrogens is 2. The van der Waals surface area contributed by atoms with Crippen molar-refractivity contribution in [3.63, 3.8) is 0 Å². The van der Waals surface area contributed by atoms with Gasteiger partial charge in [0.15, 0.2) is 0 Å². The molecule has 1 saturated heterocycles. The molecule has 0 spiro atoms. The van der Waals surface area contributed by atoms with Crippen LogP contribution in [0.25, 0.3) is 55.8 Å². The fraction of sp³-hybridized carbons (Fsp3) is 0.171. The number of hydrogen-bond donors (Lipinski definition) is 2. The quantitative estimate of drug-likeness (QED) is 0.242. The summed E-state index contributed by atoms with van der Waals surface area (Å²) in [6.07, 6.45) is 3.60. The van der Waals surface area contributed by atoms with Crippen LogP contribution in [0.1, 0.15) is 24.4 Å². The van der Waals surface area contributed by atoms with Crippen LogP contribution >= 0.6 is 0 Å². The minimum absolute atomic E-state index is 0.0117. The Hall–Kier alpha value is -5.41. The van der Waals surface area contributed by atoms with Gasteiger partial charge in [-0.1, -0.05) is 72.8 Å². The van der Waals surface area contributed by atoms with Gasteiger partial charge in [-0.05, 0) is 42.7 Å². The predicted octanol–water partition coefficient (Wildman–Crippen LogP) is 6.23. The summed E-state index contributed by atoms with van der Waals surface area (Å²) in [4.78, 5) is 28.4. The lowest BCUT2D eigenvalue weighted by Crippen LogP contribution is -2.36. The Morgan fingerprint density at radius 2 is 1.45 bits per heavy atom. The second-order valence-electron chi connectivity index (χ2n) is 11.4. The van der Waals surface area contributed by atoms with Crippen LogP contribution in [0.3, 0.4) is 0 Å². The Labute approximate surface area is 253 Å². The number of aromatic amines is 2. The molecule has 8 rings (SSSR count). The number of fused-ring (bicyclic) bond motifs is 2. The average Bonchev–Trinajstić information content (AvgIpc) is 3.73. The first-order valence-electron chi connectivity index (χ1n) is 14.9. The van der Waals surface area contributed by atoms with Gasteiger partial charge in [0.25, 0.3) is 0 Å². The summed E-state index contributed by atoms with van der Waals surface area (Å²) in [5.41, 5.74) is 10.2. The van der Waals surface area contributed by atoms with Crippen LogP contribution in [-0.2, 0) is 6.54 Å². The van der Waals surface area contributed by atoms with Gasteiger partial charge >= 0.3 is 5.69 Å². The molecule has 0 amide bonds. The Morgan fingerprint density at radius 3 is 2.23 bits per heavy atom. The van der Waals surface area contributed by atoms with Crippen molar-refractivity contribution >= 4 is 22.1 Å². The average molecular weight is 579 g/mol. The molecule has 4 heterocycles. The smallest absolute Gasteiger partial charge is 0.306 e. The summed E-state index contributed by atoms with van der Waals surface area (Å²) >= 11 is 0. The zero-order chi connectivity index (χ0) is 29.5. The maximum absolute atomic E-state index is 12.7. The molecule has 0 bridgehead atoms. The van der Waals surface area contributed by atoms with Crippen LogP contribution in [-0.4, -0.2) is 52.9 Å². The molecule has 0 saturated carbocycles. The van der Waals surface area contributed by atoms with Gasteiger partial charge in [-0.3, -0.25) is 9.47 Å². The monoisotopic (exact) mass is 578 g/mol. The third-order valence-corrected chi connectivity index (χ3v) is 8.60. The summed E-state index contributed by atoms with van der Waals surface area (Å²) in [5, 5.41) is 10.8. The summed E-state index contributed by atoms with van der Waals surface area (Å²) in [5.74, 6) is 0. The van der Waals surface area contributed by atoms with E-state index in [0.29, 0.717) is 0 Å². The topological polar surface area (TPSA) is 108 Å². The summed E-state index contributed by atoms with van der Waals surface area (Å²) in [6.45, 7) is 2.77. The minimum atomic E-state index is -0.0117. The number of aromatic nitrogens is 7. The molecule has 0 radical (unpaired) electrons. The number of nitrogens with one attached hydrogen (secondary N) is 2. The highest BCUT2D eigenvalue weighted by Gasteiger charge is 2.24. The highest BCUT2D eigenvalue weighted by molar-refractivity contribution is 5.88. The van der Waals surface area contributed by atoms with Gasteiger partial charge in [-0.15, -0.1) is 0 Å². The molecular formula is C35H30N8O.